The zero-order valence-corrected chi connectivity index (χ0v) is 15.5. The van der Waals surface area contributed by atoms with E-state index < -0.39 is 10.9 Å². The van der Waals surface area contributed by atoms with Gasteiger partial charge in [0.15, 0.2) is 23.1 Å². The first kappa shape index (κ1) is 19.4. The maximum absolute atomic E-state index is 12.1. The van der Waals surface area contributed by atoms with Gasteiger partial charge in [0.1, 0.15) is 0 Å². The van der Waals surface area contributed by atoms with Gasteiger partial charge in [0.25, 0.3) is 5.69 Å². The van der Waals surface area contributed by atoms with E-state index in [1.54, 1.807) is 18.2 Å². The van der Waals surface area contributed by atoms with Gasteiger partial charge in [0.2, 0.25) is 0 Å². The van der Waals surface area contributed by atoms with Crippen molar-refractivity contribution in [1.29, 1.82) is 0 Å². The van der Waals surface area contributed by atoms with Gasteiger partial charge in [0, 0.05) is 18.1 Å². The van der Waals surface area contributed by atoms with E-state index in [1.807, 2.05) is 6.07 Å². The van der Waals surface area contributed by atoms with Gasteiger partial charge < -0.3 is 13.9 Å². The van der Waals surface area contributed by atoms with Crippen molar-refractivity contribution >= 4 is 23.3 Å². The molecule has 8 nitrogen and oxygen atoms in total. The monoisotopic (exact) mass is 402 g/mol. The highest BCUT2D eigenvalue weighted by Crippen LogP contribution is 2.32. The molecule has 0 aliphatic carbocycles. The van der Waals surface area contributed by atoms with Gasteiger partial charge in [-0.05, 0) is 18.2 Å². The second-order valence-electron chi connectivity index (χ2n) is 5.66. The van der Waals surface area contributed by atoms with Crippen molar-refractivity contribution in [1.82, 2.24) is 4.98 Å². The molecule has 144 valence electrons. The Balaban J connectivity index is 1.65. The summed E-state index contributed by atoms with van der Waals surface area (Å²) in [4.78, 5) is 26.6. The molecule has 0 amide bonds. The number of methoxy groups -OCH3 is 1. The highest BCUT2D eigenvalue weighted by Gasteiger charge is 2.17. The van der Waals surface area contributed by atoms with Gasteiger partial charge in [0.05, 0.1) is 35.7 Å². The number of halogens is 1. The second-order valence-corrected chi connectivity index (χ2v) is 6.07. The lowest BCUT2D eigenvalue weighted by atomic mass is 10.2. The van der Waals surface area contributed by atoms with Crippen LogP contribution in [0.5, 0.6) is 11.5 Å². The smallest absolute Gasteiger partial charge is 0.311 e. The van der Waals surface area contributed by atoms with E-state index in [2.05, 4.69) is 4.98 Å². The molecular weight excluding hydrogens is 388 g/mol. The minimum Gasteiger partial charge on any atom is -0.493 e. The number of ether oxygens (including phenoxy) is 2. The summed E-state index contributed by atoms with van der Waals surface area (Å²) in [5, 5.41) is 11.4. The molecule has 0 N–H and O–H groups in total. The van der Waals surface area contributed by atoms with Crippen LogP contribution in [0.3, 0.4) is 0 Å². The first-order valence-corrected chi connectivity index (χ1v) is 8.58. The van der Waals surface area contributed by atoms with Crippen molar-refractivity contribution in [3.8, 4) is 22.8 Å². The Morgan fingerprint density at radius 2 is 2.04 bits per heavy atom. The van der Waals surface area contributed by atoms with Crippen molar-refractivity contribution in [2.75, 3.05) is 7.11 Å². The zero-order valence-electron chi connectivity index (χ0n) is 14.8. The van der Waals surface area contributed by atoms with Crippen LogP contribution in [0.1, 0.15) is 12.3 Å². The molecular formula is C19H15ClN2O6. The maximum Gasteiger partial charge on any atom is 0.311 e. The summed E-state index contributed by atoms with van der Waals surface area (Å²) >= 11 is 6.13. The Morgan fingerprint density at radius 3 is 2.75 bits per heavy atom. The number of benzene rings is 2. The van der Waals surface area contributed by atoms with Crippen LogP contribution in [-0.4, -0.2) is 23.0 Å². The lowest BCUT2D eigenvalue weighted by Gasteiger charge is -2.08. The summed E-state index contributed by atoms with van der Waals surface area (Å²) in [5.41, 5.74) is 0.493. The SMILES string of the molecule is COc1ccc([N+](=O)[O-])cc1OC(=O)CCc1ncc(-c2ccccc2Cl)o1. The van der Waals surface area contributed by atoms with E-state index in [4.69, 9.17) is 25.5 Å². The molecule has 0 spiro atoms. The van der Waals surface area contributed by atoms with Crippen LogP contribution in [0.4, 0.5) is 5.69 Å². The molecule has 0 fully saturated rings. The molecule has 1 aromatic heterocycles. The average molecular weight is 403 g/mol. The van der Waals surface area contributed by atoms with Gasteiger partial charge in [-0.3, -0.25) is 14.9 Å². The lowest BCUT2D eigenvalue weighted by Crippen LogP contribution is -2.10. The van der Waals surface area contributed by atoms with E-state index in [0.717, 1.165) is 6.07 Å². The summed E-state index contributed by atoms with van der Waals surface area (Å²) in [6.07, 6.45) is 1.69. The van der Waals surface area contributed by atoms with Crippen molar-refractivity contribution in [2.24, 2.45) is 0 Å². The average Bonchev–Trinajstić information content (AvgIpc) is 3.15. The lowest BCUT2D eigenvalue weighted by molar-refractivity contribution is -0.384. The quantitative estimate of drug-likeness (QED) is 0.249. The fraction of sp³-hybridized carbons (Fsp3) is 0.158. The van der Waals surface area contributed by atoms with Crippen LogP contribution < -0.4 is 9.47 Å². The van der Waals surface area contributed by atoms with E-state index in [0.29, 0.717) is 22.2 Å². The molecule has 0 atom stereocenters. The molecule has 1 heterocycles. The third kappa shape index (κ3) is 4.47. The Hall–Kier alpha value is -3.39. The molecule has 3 aromatic rings. The highest BCUT2D eigenvalue weighted by molar-refractivity contribution is 6.33. The van der Waals surface area contributed by atoms with Crippen molar-refractivity contribution < 1.29 is 23.6 Å². The number of aryl methyl sites for hydroxylation is 1. The number of carbonyl (C=O) groups is 1. The number of aromatic nitrogens is 1. The van der Waals surface area contributed by atoms with Crippen LogP contribution in [0.2, 0.25) is 5.02 Å². The standard InChI is InChI=1S/C19H15ClN2O6/c1-26-15-7-6-12(22(24)25)10-16(15)28-19(23)9-8-18-21-11-17(27-18)13-4-2-3-5-14(13)20/h2-7,10-11H,8-9H2,1H3. The molecule has 0 aliphatic rings. The van der Waals surface area contributed by atoms with Crippen LogP contribution in [-0.2, 0) is 11.2 Å². The largest absolute Gasteiger partial charge is 0.493 e. The number of hydrogen-bond acceptors (Lipinski definition) is 7. The fourth-order valence-electron chi connectivity index (χ4n) is 2.45. The van der Waals surface area contributed by atoms with Crippen LogP contribution >= 0.6 is 11.6 Å². The number of nitrogens with zero attached hydrogens (tertiary/aromatic N) is 2. The summed E-state index contributed by atoms with van der Waals surface area (Å²) in [5.74, 6) is 0.436. The normalized spacial score (nSPS) is 10.5. The summed E-state index contributed by atoms with van der Waals surface area (Å²) in [6.45, 7) is 0. The molecule has 0 bridgehead atoms. The van der Waals surface area contributed by atoms with Crippen molar-refractivity contribution in [3.05, 3.63) is 69.7 Å². The third-order valence-corrected chi connectivity index (χ3v) is 4.15. The van der Waals surface area contributed by atoms with Crippen LogP contribution in [0.25, 0.3) is 11.3 Å². The minimum atomic E-state index is -0.601. The zero-order chi connectivity index (χ0) is 20.1. The molecule has 2 aromatic carbocycles. The number of nitro benzene ring substituents is 1. The van der Waals surface area contributed by atoms with Crippen LogP contribution in [0.15, 0.2) is 53.1 Å². The Kier molecular flexibility index (Phi) is 5.90. The second kappa shape index (κ2) is 8.53. The fourth-order valence-corrected chi connectivity index (χ4v) is 2.68. The summed E-state index contributed by atoms with van der Waals surface area (Å²) in [6, 6.07) is 10.9. The third-order valence-electron chi connectivity index (χ3n) is 3.82. The van der Waals surface area contributed by atoms with E-state index in [-0.39, 0.29) is 30.0 Å². The van der Waals surface area contributed by atoms with E-state index in [1.165, 1.54) is 25.4 Å². The number of carbonyl (C=O) groups excluding carboxylic acids is 1. The van der Waals surface area contributed by atoms with Crippen molar-refractivity contribution in [2.45, 2.75) is 12.8 Å². The number of oxazole rings is 1. The number of non-ortho nitro benzene ring substituents is 1. The molecule has 0 aliphatic heterocycles. The number of esters is 1. The maximum atomic E-state index is 12.1. The molecule has 28 heavy (non-hydrogen) atoms. The number of rotatable bonds is 7. The Morgan fingerprint density at radius 1 is 1.25 bits per heavy atom. The predicted octanol–water partition coefficient (Wildman–Crippen LogP) is 4.45. The van der Waals surface area contributed by atoms with E-state index in [9.17, 15) is 14.9 Å². The highest BCUT2D eigenvalue weighted by atomic mass is 35.5. The Bertz CT molecular complexity index is 1020. The van der Waals surface area contributed by atoms with Gasteiger partial charge in [-0.15, -0.1) is 0 Å². The van der Waals surface area contributed by atoms with Gasteiger partial charge in [-0.25, -0.2) is 4.98 Å². The van der Waals surface area contributed by atoms with Crippen LogP contribution in [0, 0.1) is 10.1 Å². The molecule has 0 radical (unpaired) electrons. The molecule has 0 unspecified atom stereocenters. The molecule has 0 saturated heterocycles. The summed E-state index contributed by atoms with van der Waals surface area (Å²) in [7, 11) is 1.38. The van der Waals surface area contributed by atoms with Gasteiger partial charge >= 0.3 is 5.97 Å². The first-order chi connectivity index (χ1) is 13.5. The Labute approximate surface area is 164 Å². The molecule has 3 rings (SSSR count). The minimum absolute atomic E-state index is 0.0224. The van der Waals surface area contributed by atoms with Gasteiger partial charge in [-0.1, -0.05) is 23.7 Å². The predicted molar refractivity (Wildman–Crippen MR) is 101 cm³/mol. The number of nitro groups is 1. The van der Waals surface area contributed by atoms with Gasteiger partial charge in [-0.2, -0.15) is 0 Å². The van der Waals surface area contributed by atoms with Crippen molar-refractivity contribution in [3.63, 3.8) is 0 Å². The number of hydrogen-bond donors (Lipinski definition) is 0. The van der Waals surface area contributed by atoms with E-state index >= 15 is 0 Å². The summed E-state index contributed by atoms with van der Waals surface area (Å²) < 4.78 is 15.9. The molecule has 9 heteroatoms. The first-order valence-electron chi connectivity index (χ1n) is 8.20. The topological polar surface area (TPSA) is 105 Å². The molecule has 0 saturated carbocycles.